The number of nitrogens with zero attached hydrogens (tertiary/aromatic N) is 1. The number of rotatable bonds is 4. The largest absolute Gasteiger partial charge is 0.360 e. The van der Waals surface area contributed by atoms with Gasteiger partial charge in [-0.15, -0.1) is 0 Å². The van der Waals surface area contributed by atoms with Crippen molar-refractivity contribution in [1.29, 1.82) is 0 Å². The molecule has 0 aromatic heterocycles. The van der Waals surface area contributed by atoms with Crippen LogP contribution in [0.1, 0.15) is 5.56 Å². The Morgan fingerprint density at radius 2 is 2.07 bits per heavy atom. The highest BCUT2D eigenvalue weighted by molar-refractivity contribution is 5.65. The number of hydrogen-bond donors (Lipinski definition) is 0. The Morgan fingerprint density at radius 3 is 2.60 bits per heavy atom. The van der Waals surface area contributed by atoms with E-state index in [4.69, 9.17) is 4.74 Å². The lowest BCUT2D eigenvalue weighted by Gasteiger charge is -2.44. The minimum Gasteiger partial charge on any atom is -0.360 e. The van der Waals surface area contributed by atoms with Crippen LogP contribution in [0.25, 0.3) is 0 Å². The van der Waals surface area contributed by atoms with Crippen molar-refractivity contribution < 1.29 is 9.53 Å². The van der Waals surface area contributed by atoms with E-state index in [1.807, 2.05) is 37.4 Å². The molecule has 3 nitrogen and oxygen atoms in total. The number of likely N-dealkylation sites (N-methyl/N-ethyl adjacent to an activating group) is 1. The van der Waals surface area contributed by atoms with E-state index in [1.165, 1.54) is 0 Å². The van der Waals surface area contributed by atoms with E-state index in [9.17, 15) is 4.79 Å². The molecule has 0 aliphatic carbocycles. The van der Waals surface area contributed by atoms with Crippen LogP contribution in [0.5, 0.6) is 0 Å². The fraction of sp³-hybridized carbons (Fsp3) is 0.417. The number of benzene rings is 1. The van der Waals surface area contributed by atoms with E-state index in [-0.39, 0.29) is 0 Å². The molecule has 0 atom stereocenters. The van der Waals surface area contributed by atoms with Crippen LogP contribution in [-0.2, 0) is 16.1 Å². The Hall–Kier alpha value is -1.19. The lowest BCUT2D eigenvalue weighted by molar-refractivity contribution is -0.159. The van der Waals surface area contributed by atoms with Gasteiger partial charge in [0.2, 0.25) is 0 Å². The van der Waals surface area contributed by atoms with Gasteiger partial charge in [0.25, 0.3) is 0 Å². The number of likely N-dealkylation sites (tertiary alicyclic amines) is 1. The molecule has 1 aromatic carbocycles. The molecule has 1 aliphatic rings. The van der Waals surface area contributed by atoms with Gasteiger partial charge >= 0.3 is 0 Å². The lowest BCUT2D eigenvalue weighted by atomic mass is 9.96. The van der Waals surface area contributed by atoms with Gasteiger partial charge in [-0.25, -0.2) is 0 Å². The number of carbonyl (C=O) groups excluding carboxylic acids is 1. The second-order valence-corrected chi connectivity index (χ2v) is 4.13. The van der Waals surface area contributed by atoms with E-state index < -0.39 is 5.60 Å². The van der Waals surface area contributed by atoms with Crippen molar-refractivity contribution in [3.8, 4) is 0 Å². The average Bonchev–Trinajstić information content (AvgIpc) is 2.24. The van der Waals surface area contributed by atoms with Crippen LogP contribution in [0.4, 0.5) is 0 Å². The monoisotopic (exact) mass is 205 g/mol. The zero-order valence-corrected chi connectivity index (χ0v) is 8.85. The quantitative estimate of drug-likeness (QED) is 0.689. The van der Waals surface area contributed by atoms with Crippen molar-refractivity contribution in [3.63, 3.8) is 0 Å². The fourth-order valence-corrected chi connectivity index (χ4v) is 1.87. The molecule has 2 rings (SSSR count). The van der Waals surface area contributed by atoms with Crippen molar-refractivity contribution in [2.75, 3.05) is 20.1 Å². The first-order chi connectivity index (χ1) is 7.24. The minimum absolute atomic E-state index is 0.507. The number of carbonyl (C=O) groups is 1. The molecule has 15 heavy (non-hydrogen) atoms. The van der Waals surface area contributed by atoms with Crippen molar-refractivity contribution in [1.82, 2.24) is 4.90 Å². The van der Waals surface area contributed by atoms with Crippen molar-refractivity contribution in [2.24, 2.45) is 0 Å². The molecule has 1 saturated heterocycles. The van der Waals surface area contributed by atoms with Gasteiger partial charge in [0, 0.05) is 13.1 Å². The van der Waals surface area contributed by atoms with Gasteiger partial charge in [-0.05, 0) is 12.6 Å². The third-order valence-electron chi connectivity index (χ3n) is 2.66. The summed E-state index contributed by atoms with van der Waals surface area (Å²) < 4.78 is 5.66. The highest BCUT2D eigenvalue weighted by atomic mass is 16.5. The van der Waals surface area contributed by atoms with Crippen molar-refractivity contribution in [3.05, 3.63) is 35.9 Å². The number of aldehydes is 1. The molecule has 3 heteroatoms. The second-order valence-electron chi connectivity index (χ2n) is 4.13. The van der Waals surface area contributed by atoms with Crippen LogP contribution in [-0.4, -0.2) is 36.9 Å². The summed E-state index contributed by atoms with van der Waals surface area (Å²) in [5.41, 5.74) is 0.540. The predicted molar refractivity (Wildman–Crippen MR) is 57.5 cm³/mol. The Labute approximate surface area is 89.7 Å². The Balaban J connectivity index is 1.90. The molecule has 0 saturated carbocycles. The van der Waals surface area contributed by atoms with Crippen molar-refractivity contribution in [2.45, 2.75) is 12.2 Å². The minimum atomic E-state index is -0.565. The van der Waals surface area contributed by atoms with Crippen LogP contribution >= 0.6 is 0 Å². The molecule has 0 radical (unpaired) electrons. The van der Waals surface area contributed by atoms with E-state index in [2.05, 4.69) is 4.90 Å². The van der Waals surface area contributed by atoms with Gasteiger partial charge in [-0.3, -0.25) is 4.90 Å². The van der Waals surface area contributed by atoms with E-state index in [1.54, 1.807) is 0 Å². The normalized spacial score (nSPS) is 19.5. The molecule has 1 aromatic rings. The standard InChI is InChI=1S/C12H15NO2/c1-13-8-12(9-13,10-14)15-7-11-5-3-2-4-6-11/h2-6,10H,7-9H2,1H3. The molecular weight excluding hydrogens is 190 g/mol. The third-order valence-corrected chi connectivity index (χ3v) is 2.66. The Morgan fingerprint density at radius 1 is 1.40 bits per heavy atom. The topological polar surface area (TPSA) is 29.5 Å². The maximum absolute atomic E-state index is 10.9. The first-order valence-electron chi connectivity index (χ1n) is 5.07. The van der Waals surface area contributed by atoms with Gasteiger partial charge < -0.3 is 9.53 Å². The maximum Gasteiger partial charge on any atom is 0.154 e. The highest BCUT2D eigenvalue weighted by Gasteiger charge is 2.42. The molecule has 1 fully saturated rings. The second kappa shape index (κ2) is 4.13. The lowest BCUT2D eigenvalue weighted by Crippen LogP contribution is -2.62. The third kappa shape index (κ3) is 2.25. The zero-order chi connectivity index (χ0) is 10.7. The molecule has 1 heterocycles. The van der Waals surface area contributed by atoms with Crippen LogP contribution in [0.3, 0.4) is 0 Å². The van der Waals surface area contributed by atoms with E-state index in [0.717, 1.165) is 11.8 Å². The summed E-state index contributed by atoms with van der Waals surface area (Å²) in [4.78, 5) is 13.0. The molecule has 0 N–H and O–H groups in total. The summed E-state index contributed by atoms with van der Waals surface area (Å²) in [6.45, 7) is 1.90. The Bertz CT molecular complexity index is 331. The van der Waals surface area contributed by atoms with Gasteiger partial charge in [0.05, 0.1) is 6.61 Å². The summed E-state index contributed by atoms with van der Waals surface area (Å²) >= 11 is 0. The number of hydrogen-bond acceptors (Lipinski definition) is 3. The van der Waals surface area contributed by atoms with Gasteiger partial charge in [-0.1, -0.05) is 30.3 Å². The van der Waals surface area contributed by atoms with E-state index in [0.29, 0.717) is 19.7 Å². The molecule has 0 unspecified atom stereocenters. The van der Waals surface area contributed by atoms with Gasteiger partial charge in [-0.2, -0.15) is 0 Å². The van der Waals surface area contributed by atoms with Gasteiger partial charge in [0.1, 0.15) is 5.60 Å². The number of ether oxygens (including phenoxy) is 1. The first kappa shape index (κ1) is 10.3. The van der Waals surface area contributed by atoms with Crippen LogP contribution in [0.15, 0.2) is 30.3 Å². The molecule has 80 valence electrons. The van der Waals surface area contributed by atoms with Crippen LogP contribution in [0.2, 0.25) is 0 Å². The Kier molecular flexibility index (Phi) is 2.84. The molecule has 0 spiro atoms. The molecular formula is C12H15NO2. The van der Waals surface area contributed by atoms with Gasteiger partial charge in [0.15, 0.2) is 6.29 Å². The highest BCUT2D eigenvalue weighted by Crippen LogP contribution is 2.22. The smallest absolute Gasteiger partial charge is 0.154 e. The first-order valence-corrected chi connectivity index (χ1v) is 5.07. The molecule has 0 amide bonds. The average molecular weight is 205 g/mol. The maximum atomic E-state index is 10.9. The summed E-state index contributed by atoms with van der Waals surface area (Å²) in [7, 11) is 1.98. The summed E-state index contributed by atoms with van der Waals surface area (Å²) in [6.07, 6.45) is 0.927. The SMILES string of the molecule is CN1CC(C=O)(OCc2ccccc2)C1. The summed E-state index contributed by atoms with van der Waals surface area (Å²) in [5, 5.41) is 0. The fourth-order valence-electron chi connectivity index (χ4n) is 1.87. The summed E-state index contributed by atoms with van der Waals surface area (Å²) in [5.74, 6) is 0. The molecule has 0 bridgehead atoms. The van der Waals surface area contributed by atoms with Crippen molar-refractivity contribution >= 4 is 6.29 Å². The molecule has 1 aliphatic heterocycles. The zero-order valence-electron chi connectivity index (χ0n) is 8.85. The van der Waals surface area contributed by atoms with E-state index >= 15 is 0 Å². The van der Waals surface area contributed by atoms with Crippen LogP contribution < -0.4 is 0 Å². The summed E-state index contributed by atoms with van der Waals surface area (Å²) in [6, 6.07) is 9.91. The van der Waals surface area contributed by atoms with Crippen LogP contribution in [0, 0.1) is 0 Å². The predicted octanol–water partition coefficient (Wildman–Crippen LogP) is 1.09.